The molecule has 1 aromatic carbocycles. The molecule has 1 unspecified atom stereocenters. The molecule has 0 aliphatic carbocycles. The summed E-state index contributed by atoms with van der Waals surface area (Å²) in [7, 11) is 1.84. The highest BCUT2D eigenvalue weighted by molar-refractivity contribution is 5.79. The summed E-state index contributed by atoms with van der Waals surface area (Å²) >= 11 is 0. The summed E-state index contributed by atoms with van der Waals surface area (Å²) < 4.78 is 5.84. The molecule has 3 rings (SSSR count). The Morgan fingerprint density at radius 3 is 2.22 bits per heavy atom. The Kier molecular flexibility index (Phi) is 8.93. The van der Waals surface area contributed by atoms with Gasteiger partial charge in [-0.3, -0.25) is 19.4 Å². The highest BCUT2D eigenvalue weighted by Crippen LogP contribution is 2.17. The third kappa shape index (κ3) is 7.20. The van der Waals surface area contributed by atoms with E-state index >= 15 is 0 Å². The van der Waals surface area contributed by atoms with E-state index in [1.54, 1.807) is 4.90 Å². The van der Waals surface area contributed by atoms with E-state index in [9.17, 15) is 9.59 Å². The lowest BCUT2D eigenvalue weighted by Gasteiger charge is -2.38. The lowest BCUT2D eigenvalue weighted by molar-refractivity contribution is -0.137. The van der Waals surface area contributed by atoms with Crippen molar-refractivity contribution in [2.45, 2.75) is 46.1 Å². The zero-order valence-electron chi connectivity index (χ0n) is 20.3. The van der Waals surface area contributed by atoms with Crippen molar-refractivity contribution in [3.63, 3.8) is 0 Å². The molecule has 0 spiro atoms. The van der Waals surface area contributed by atoms with Crippen molar-refractivity contribution in [1.82, 2.24) is 19.6 Å². The number of amides is 2. The SMILES string of the molecule is Cc1cc(C)cc(OCCN(C)C(=O)CN2CCN(CC(=O)N3CCCCC3C)CC2)c1. The van der Waals surface area contributed by atoms with Gasteiger partial charge >= 0.3 is 0 Å². The maximum atomic E-state index is 12.7. The minimum Gasteiger partial charge on any atom is -0.492 e. The number of piperazine rings is 1. The average molecular weight is 445 g/mol. The number of piperidine rings is 1. The number of hydrogen-bond donors (Lipinski definition) is 0. The van der Waals surface area contributed by atoms with Gasteiger partial charge in [0.25, 0.3) is 0 Å². The molecule has 7 nitrogen and oxygen atoms in total. The molecule has 2 aliphatic rings. The van der Waals surface area contributed by atoms with Crippen LogP contribution in [-0.4, -0.2) is 103 Å². The van der Waals surface area contributed by atoms with Crippen molar-refractivity contribution in [2.75, 3.05) is 66.0 Å². The number of carbonyl (C=O) groups is 2. The van der Waals surface area contributed by atoms with Gasteiger partial charge in [0.1, 0.15) is 12.4 Å². The molecule has 2 aliphatic heterocycles. The number of likely N-dealkylation sites (tertiary alicyclic amines) is 1. The van der Waals surface area contributed by atoms with Crippen molar-refractivity contribution in [2.24, 2.45) is 0 Å². The van der Waals surface area contributed by atoms with Crippen LogP contribution >= 0.6 is 0 Å². The van der Waals surface area contributed by atoms with Crippen LogP contribution in [0.15, 0.2) is 18.2 Å². The number of likely N-dealkylation sites (N-methyl/N-ethyl adjacent to an activating group) is 1. The molecule has 0 N–H and O–H groups in total. The number of rotatable bonds is 8. The van der Waals surface area contributed by atoms with Crippen molar-refractivity contribution in [3.8, 4) is 5.75 Å². The minimum absolute atomic E-state index is 0.112. The lowest BCUT2D eigenvalue weighted by atomic mass is 10.0. The Bertz CT molecular complexity index is 756. The molecule has 7 heteroatoms. The maximum Gasteiger partial charge on any atom is 0.236 e. The molecule has 2 heterocycles. The number of ether oxygens (including phenoxy) is 1. The van der Waals surface area contributed by atoms with Crippen LogP contribution in [0.3, 0.4) is 0 Å². The van der Waals surface area contributed by atoms with Crippen LogP contribution in [-0.2, 0) is 9.59 Å². The second-order valence-corrected chi connectivity index (χ2v) is 9.47. The fourth-order valence-electron chi connectivity index (χ4n) is 4.61. The van der Waals surface area contributed by atoms with E-state index in [1.165, 1.54) is 17.5 Å². The van der Waals surface area contributed by atoms with Crippen LogP contribution in [0.2, 0.25) is 0 Å². The molecule has 1 aromatic rings. The first-order chi connectivity index (χ1) is 15.3. The first kappa shape index (κ1) is 24.5. The molecule has 0 radical (unpaired) electrons. The third-order valence-corrected chi connectivity index (χ3v) is 6.62. The molecule has 2 amide bonds. The van der Waals surface area contributed by atoms with Crippen molar-refractivity contribution >= 4 is 11.8 Å². The molecule has 0 aromatic heterocycles. The second-order valence-electron chi connectivity index (χ2n) is 9.47. The number of nitrogens with zero attached hydrogens (tertiary/aromatic N) is 4. The van der Waals surface area contributed by atoms with Gasteiger partial charge in [0.2, 0.25) is 11.8 Å². The lowest BCUT2D eigenvalue weighted by Crippen LogP contribution is -2.53. The van der Waals surface area contributed by atoms with E-state index in [0.717, 1.165) is 51.3 Å². The highest BCUT2D eigenvalue weighted by atomic mass is 16.5. The Balaban J connectivity index is 1.34. The van der Waals surface area contributed by atoms with Gasteiger partial charge in [0.15, 0.2) is 0 Å². The van der Waals surface area contributed by atoms with Crippen LogP contribution in [0.1, 0.15) is 37.3 Å². The van der Waals surface area contributed by atoms with Gasteiger partial charge in [-0.05, 0) is 63.3 Å². The quantitative estimate of drug-likeness (QED) is 0.615. The summed E-state index contributed by atoms with van der Waals surface area (Å²) in [5.74, 6) is 1.22. The van der Waals surface area contributed by atoms with Crippen LogP contribution in [0.5, 0.6) is 5.75 Å². The normalized spacial score (nSPS) is 20.2. The number of carbonyl (C=O) groups excluding carboxylic acids is 2. The van der Waals surface area contributed by atoms with Crippen LogP contribution < -0.4 is 4.74 Å². The molecule has 0 saturated carbocycles. The van der Waals surface area contributed by atoms with Crippen LogP contribution in [0, 0.1) is 13.8 Å². The van der Waals surface area contributed by atoms with Crippen LogP contribution in [0.4, 0.5) is 0 Å². The molecule has 1 atom stereocenters. The number of hydrogen-bond acceptors (Lipinski definition) is 5. The van der Waals surface area contributed by atoms with Gasteiger partial charge in [-0.1, -0.05) is 6.07 Å². The summed E-state index contributed by atoms with van der Waals surface area (Å²) in [4.78, 5) is 33.5. The van der Waals surface area contributed by atoms with Crippen molar-refractivity contribution < 1.29 is 14.3 Å². The zero-order chi connectivity index (χ0) is 23.1. The molecular formula is C25H40N4O3. The summed E-state index contributed by atoms with van der Waals surface area (Å²) in [6.07, 6.45) is 3.46. The van der Waals surface area contributed by atoms with E-state index in [-0.39, 0.29) is 11.8 Å². The first-order valence-corrected chi connectivity index (χ1v) is 12.0. The zero-order valence-corrected chi connectivity index (χ0v) is 20.3. The third-order valence-electron chi connectivity index (χ3n) is 6.62. The maximum absolute atomic E-state index is 12.7. The first-order valence-electron chi connectivity index (χ1n) is 12.0. The smallest absolute Gasteiger partial charge is 0.236 e. The summed E-state index contributed by atoms with van der Waals surface area (Å²) in [6, 6.07) is 6.52. The van der Waals surface area contributed by atoms with E-state index in [1.807, 2.05) is 19.2 Å². The fourth-order valence-corrected chi connectivity index (χ4v) is 4.61. The number of aryl methyl sites for hydroxylation is 2. The minimum atomic E-state index is 0.112. The predicted octanol–water partition coefficient (Wildman–Crippen LogP) is 2.16. The van der Waals surface area contributed by atoms with E-state index in [2.05, 4.69) is 41.5 Å². The summed E-state index contributed by atoms with van der Waals surface area (Å²) in [6.45, 7) is 12.4. The molecule has 178 valence electrons. The Hall–Kier alpha value is -2.12. The van der Waals surface area contributed by atoms with Gasteiger partial charge in [0.05, 0.1) is 19.6 Å². The van der Waals surface area contributed by atoms with Gasteiger partial charge in [0, 0.05) is 45.8 Å². The van der Waals surface area contributed by atoms with E-state index in [4.69, 9.17) is 4.74 Å². The van der Waals surface area contributed by atoms with Gasteiger partial charge in [-0.25, -0.2) is 0 Å². The van der Waals surface area contributed by atoms with E-state index < -0.39 is 0 Å². The largest absolute Gasteiger partial charge is 0.492 e. The monoisotopic (exact) mass is 444 g/mol. The van der Waals surface area contributed by atoms with Crippen LogP contribution in [0.25, 0.3) is 0 Å². The molecule has 2 saturated heterocycles. The van der Waals surface area contributed by atoms with Gasteiger partial charge < -0.3 is 14.5 Å². The van der Waals surface area contributed by atoms with Gasteiger partial charge in [-0.15, -0.1) is 0 Å². The average Bonchev–Trinajstić information content (AvgIpc) is 2.74. The highest BCUT2D eigenvalue weighted by Gasteiger charge is 2.27. The predicted molar refractivity (Wildman–Crippen MR) is 127 cm³/mol. The second kappa shape index (κ2) is 11.7. The molecular weight excluding hydrogens is 404 g/mol. The Morgan fingerprint density at radius 1 is 0.969 bits per heavy atom. The topological polar surface area (TPSA) is 56.3 Å². The molecule has 32 heavy (non-hydrogen) atoms. The summed E-state index contributed by atoms with van der Waals surface area (Å²) in [5, 5.41) is 0. The molecule has 0 bridgehead atoms. The molecule has 2 fully saturated rings. The Morgan fingerprint density at radius 2 is 1.59 bits per heavy atom. The van der Waals surface area contributed by atoms with Crippen molar-refractivity contribution in [1.29, 1.82) is 0 Å². The summed E-state index contributed by atoms with van der Waals surface area (Å²) in [5.41, 5.74) is 2.35. The Labute approximate surface area is 193 Å². The van der Waals surface area contributed by atoms with E-state index in [0.29, 0.717) is 32.3 Å². The standard InChI is InChI=1S/C25H40N4O3/c1-20-15-21(2)17-23(16-20)32-14-13-26(4)24(30)18-27-9-11-28(12-10-27)19-25(31)29-8-6-5-7-22(29)3/h15-17,22H,5-14,18-19H2,1-4H3. The van der Waals surface area contributed by atoms with Crippen molar-refractivity contribution in [3.05, 3.63) is 29.3 Å². The number of benzene rings is 1. The van der Waals surface area contributed by atoms with Gasteiger partial charge in [-0.2, -0.15) is 0 Å². The fraction of sp³-hybridized carbons (Fsp3) is 0.680.